The molecule has 136 valence electrons. The number of carbonyl (C=O) groups excluding carboxylic acids is 2. The number of nitrogens with one attached hydrogen (secondary N) is 2. The van der Waals surface area contributed by atoms with Gasteiger partial charge in [0.1, 0.15) is 0 Å². The molecule has 0 aromatic rings. The molecule has 0 spiro atoms. The summed E-state index contributed by atoms with van der Waals surface area (Å²) in [6.07, 6.45) is 7.18. The van der Waals surface area contributed by atoms with Crippen molar-refractivity contribution in [2.75, 3.05) is 19.6 Å². The molecule has 2 amide bonds. The Morgan fingerprint density at radius 2 is 1.84 bits per heavy atom. The molecular formula is C19H28N4O2. The Bertz CT molecular complexity index is 599. The molecule has 6 heteroatoms. The first-order chi connectivity index (χ1) is 12.1. The summed E-state index contributed by atoms with van der Waals surface area (Å²) in [7, 11) is 0. The predicted octanol–water partition coefficient (Wildman–Crippen LogP) is 1.15. The minimum atomic E-state index is -0.0821. The van der Waals surface area contributed by atoms with Crippen LogP contribution in [0, 0.1) is 29.6 Å². The Morgan fingerprint density at radius 1 is 1.20 bits per heavy atom. The van der Waals surface area contributed by atoms with Crippen molar-refractivity contribution in [1.82, 2.24) is 15.5 Å². The Morgan fingerprint density at radius 3 is 2.40 bits per heavy atom. The lowest BCUT2D eigenvalue weighted by Gasteiger charge is -2.17. The van der Waals surface area contributed by atoms with Crippen molar-refractivity contribution in [3.63, 3.8) is 0 Å². The van der Waals surface area contributed by atoms with Crippen molar-refractivity contribution < 1.29 is 9.59 Å². The number of allylic oxidation sites excluding steroid dienone is 2. The van der Waals surface area contributed by atoms with E-state index in [1.54, 1.807) is 0 Å². The molecule has 2 saturated carbocycles. The molecule has 6 atom stereocenters. The molecule has 0 radical (unpaired) electrons. The van der Waals surface area contributed by atoms with E-state index in [1.165, 1.54) is 11.3 Å². The van der Waals surface area contributed by atoms with Crippen LogP contribution in [0.2, 0.25) is 0 Å². The van der Waals surface area contributed by atoms with Crippen molar-refractivity contribution in [1.29, 1.82) is 0 Å². The van der Waals surface area contributed by atoms with E-state index >= 15 is 0 Å². The zero-order valence-corrected chi connectivity index (χ0v) is 15.1. The molecular weight excluding hydrogens is 316 g/mol. The van der Waals surface area contributed by atoms with Gasteiger partial charge in [-0.25, -0.2) is 0 Å². The van der Waals surface area contributed by atoms with Gasteiger partial charge in [0.05, 0.1) is 11.8 Å². The largest absolute Gasteiger partial charge is 0.357 e. The number of aliphatic imine (C=N–C) groups is 1. The van der Waals surface area contributed by atoms with Gasteiger partial charge in [-0.05, 0) is 43.9 Å². The van der Waals surface area contributed by atoms with Gasteiger partial charge in [0.15, 0.2) is 5.96 Å². The molecule has 2 bridgehead atoms. The third kappa shape index (κ3) is 2.96. The number of likely N-dealkylation sites (tertiary alicyclic amines) is 1. The number of hydrogen-bond acceptors (Lipinski definition) is 3. The van der Waals surface area contributed by atoms with E-state index in [-0.39, 0.29) is 23.7 Å². The Kier molecular flexibility index (Phi) is 4.29. The van der Waals surface area contributed by atoms with Crippen LogP contribution in [0.4, 0.5) is 0 Å². The van der Waals surface area contributed by atoms with Crippen LogP contribution in [0.5, 0.6) is 0 Å². The van der Waals surface area contributed by atoms with E-state index in [2.05, 4.69) is 41.6 Å². The van der Waals surface area contributed by atoms with Crippen molar-refractivity contribution in [2.45, 2.75) is 39.2 Å². The van der Waals surface area contributed by atoms with Crippen LogP contribution in [0.25, 0.3) is 0 Å². The Balaban J connectivity index is 1.29. The maximum Gasteiger partial charge on any atom is 0.233 e. The van der Waals surface area contributed by atoms with E-state index < -0.39 is 0 Å². The van der Waals surface area contributed by atoms with Gasteiger partial charge in [0.2, 0.25) is 11.8 Å². The number of imide groups is 1. The summed E-state index contributed by atoms with van der Waals surface area (Å²) >= 11 is 0. The molecule has 6 unspecified atom stereocenters. The van der Waals surface area contributed by atoms with Crippen LogP contribution in [0.3, 0.4) is 0 Å². The number of amides is 2. The highest BCUT2D eigenvalue weighted by molar-refractivity contribution is 6.06. The lowest BCUT2D eigenvalue weighted by atomic mass is 9.85. The fourth-order valence-electron chi connectivity index (χ4n) is 4.62. The molecule has 1 aliphatic heterocycles. The zero-order valence-electron chi connectivity index (χ0n) is 15.1. The number of guanidine groups is 1. The van der Waals surface area contributed by atoms with Gasteiger partial charge < -0.3 is 10.6 Å². The summed E-state index contributed by atoms with van der Waals surface area (Å²) in [6, 6.07) is 0.530. The van der Waals surface area contributed by atoms with Gasteiger partial charge in [-0.15, -0.1) is 0 Å². The molecule has 2 N–H and O–H groups in total. The van der Waals surface area contributed by atoms with Crippen LogP contribution >= 0.6 is 0 Å². The number of carbonyl (C=O) groups is 2. The van der Waals surface area contributed by atoms with E-state index in [0.29, 0.717) is 36.9 Å². The molecule has 0 aromatic heterocycles. The van der Waals surface area contributed by atoms with Crippen LogP contribution in [-0.4, -0.2) is 48.3 Å². The monoisotopic (exact) mass is 344 g/mol. The Hall–Kier alpha value is -1.85. The predicted molar refractivity (Wildman–Crippen MR) is 95.7 cm³/mol. The number of rotatable bonds is 6. The smallest absolute Gasteiger partial charge is 0.233 e. The molecule has 6 nitrogen and oxygen atoms in total. The third-order valence-corrected chi connectivity index (χ3v) is 6.15. The van der Waals surface area contributed by atoms with Crippen molar-refractivity contribution >= 4 is 17.8 Å². The maximum atomic E-state index is 12.6. The fourth-order valence-corrected chi connectivity index (χ4v) is 4.62. The highest BCUT2D eigenvalue weighted by atomic mass is 16.2. The summed E-state index contributed by atoms with van der Waals surface area (Å²) in [6.45, 7) is 6.22. The molecule has 3 aliphatic carbocycles. The molecule has 25 heavy (non-hydrogen) atoms. The second-order valence-corrected chi connectivity index (χ2v) is 7.91. The molecule has 1 heterocycles. The second kappa shape index (κ2) is 6.46. The standard InChI is InChI=1S/C19H28N4O2/c1-3-20-19(22-14-9-11(14)2)21-7-4-8-23-17(24)15-12-5-6-13(10-12)16(15)18(23)25/h5-6,11-16H,3-4,7-10H2,1-2H3,(H2,20,21,22). The van der Waals surface area contributed by atoms with E-state index in [9.17, 15) is 9.59 Å². The number of fused-ring (bicyclic) bond motifs is 5. The van der Waals surface area contributed by atoms with Gasteiger partial charge in [-0.3, -0.25) is 19.5 Å². The minimum absolute atomic E-state index is 0.0488. The first kappa shape index (κ1) is 16.6. The average Bonchev–Trinajstić information content (AvgIpc) is 2.95. The minimum Gasteiger partial charge on any atom is -0.357 e. The van der Waals surface area contributed by atoms with Crippen molar-refractivity contribution in [3.8, 4) is 0 Å². The van der Waals surface area contributed by atoms with E-state index in [4.69, 9.17) is 0 Å². The quantitative estimate of drug-likeness (QED) is 0.249. The zero-order chi connectivity index (χ0) is 17.6. The molecule has 4 aliphatic rings. The van der Waals surface area contributed by atoms with E-state index in [0.717, 1.165) is 25.3 Å². The summed E-state index contributed by atoms with van der Waals surface area (Å²) in [4.78, 5) is 31.3. The highest BCUT2D eigenvalue weighted by Crippen LogP contribution is 2.52. The van der Waals surface area contributed by atoms with E-state index in [1.807, 2.05) is 0 Å². The van der Waals surface area contributed by atoms with Gasteiger partial charge >= 0.3 is 0 Å². The van der Waals surface area contributed by atoms with Crippen molar-refractivity contribution in [3.05, 3.63) is 12.2 Å². The average molecular weight is 344 g/mol. The van der Waals surface area contributed by atoms with Crippen LogP contribution in [0.15, 0.2) is 17.1 Å². The first-order valence-electron chi connectivity index (χ1n) is 9.68. The molecule has 1 saturated heterocycles. The number of hydrogen-bond donors (Lipinski definition) is 2. The SMILES string of the molecule is CCNC(=NCCCN1C(=O)C2C3C=CC(C3)C2C1=O)NC1CC1C. The lowest BCUT2D eigenvalue weighted by molar-refractivity contribution is -0.140. The van der Waals surface area contributed by atoms with Crippen LogP contribution in [0.1, 0.15) is 33.1 Å². The summed E-state index contributed by atoms with van der Waals surface area (Å²) < 4.78 is 0. The summed E-state index contributed by atoms with van der Waals surface area (Å²) in [5.74, 6) is 2.07. The van der Waals surface area contributed by atoms with Crippen LogP contribution < -0.4 is 10.6 Å². The molecule has 3 fully saturated rings. The summed E-state index contributed by atoms with van der Waals surface area (Å²) in [5, 5.41) is 6.68. The molecule has 4 rings (SSSR count). The normalized spacial score (nSPS) is 38.5. The highest BCUT2D eigenvalue weighted by Gasteiger charge is 2.58. The molecule has 0 aromatic carbocycles. The Labute approximate surface area is 149 Å². The first-order valence-corrected chi connectivity index (χ1v) is 9.68. The maximum absolute atomic E-state index is 12.6. The summed E-state index contributed by atoms with van der Waals surface area (Å²) in [5.41, 5.74) is 0. The fraction of sp³-hybridized carbons (Fsp3) is 0.737. The third-order valence-electron chi connectivity index (χ3n) is 6.15. The van der Waals surface area contributed by atoms with Crippen LogP contribution in [-0.2, 0) is 9.59 Å². The second-order valence-electron chi connectivity index (χ2n) is 7.91. The van der Waals surface area contributed by atoms with Gasteiger partial charge in [-0.2, -0.15) is 0 Å². The lowest BCUT2D eigenvalue weighted by Crippen LogP contribution is -2.39. The van der Waals surface area contributed by atoms with Gasteiger partial charge in [0.25, 0.3) is 0 Å². The topological polar surface area (TPSA) is 73.8 Å². The number of nitrogens with zero attached hydrogens (tertiary/aromatic N) is 2. The van der Waals surface area contributed by atoms with Crippen molar-refractivity contribution in [2.24, 2.45) is 34.6 Å². The van der Waals surface area contributed by atoms with Gasteiger partial charge in [0, 0.05) is 25.7 Å². The van der Waals surface area contributed by atoms with Gasteiger partial charge in [-0.1, -0.05) is 19.1 Å².